The molecule has 306 valence electrons. The maximum atomic E-state index is 13.9. The van der Waals surface area contributed by atoms with Crippen LogP contribution in [0.1, 0.15) is 51.3 Å². The van der Waals surface area contributed by atoms with Gasteiger partial charge in [-0.15, -0.1) is 11.3 Å². The predicted molar refractivity (Wildman–Crippen MR) is 229 cm³/mol. The molecule has 0 spiro atoms. The number of ether oxygens (including phenoxy) is 2. The van der Waals surface area contributed by atoms with Crippen molar-refractivity contribution in [1.82, 2.24) is 25.5 Å². The molecule has 0 aliphatic carbocycles. The molecule has 58 heavy (non-hydrogen) atoms. The number of unbranched alkanes of at least 4 members (excludes halogenated alkanes) is 1. The summed E-state index contributed by atoms with van der Waals surface area (Å²) in [6, 6.07) is 24.4. The minimum atomic E-state index is -0.932. The van der Waals surface area contributed by atoms with E-state index in [2.05, 4.69) is 50.8 Å². The number of carbonyl (C=O) groups is 3. The molecule has 3 amide bonds. The largest absolute Gasteiger partial charge is 0.494 e. The number of hydrogen-bond acceptors (Lipinski definition) is 10. The van der Waals surface area contributed by atoms with E-state index in [1.54, 1.807) is 11.3 Å². The molecule has 1 fully saturated rings. The second kappa shape index (κ2) is 18.9. The summed E-state index contributed by atoms with van der Waals surface area (Å²) < 4.78 is 11.7. The molecule has 6 rings (SSSR count). The van der Waals surface area contributed by atoms with Crippen LogP contribution >= 0.6 is 11.3 Å². The molecule has 5 aromatic rings. The van der Waals surface area contributed by atoms with Crippen molar-refractivity contribution in [2.24, 2.45) is 5.41 Å². The van der Waals surface area contributed by atoms with Gasteiger partial charge in [-0.3, -0.25) is 14.4 Å². The van der Waals surface area contributed by atoms with E-state index in [4.69, 9.17) is 14.5 Å². The summed E-state index contributed by atoms with van der Waals surface area (Å²) >= 11 is 1.58. The van der Waals surface area contributed by atoms with Gasteiger partial charge in [0.15, 0.2) is 0 Å². The number of aryl methyl sites for hydroxylation is 1. The summed E-state index contributed by atoms with van der Waals surface area (Å²) in [6.07, 6.45) is 0.666. The molecule has 3 aromatic carbocycles. The highest BCUT2D eigenvalue weighted by Crippen LogP contribution is 2.29. The van der Waals surface area contributed by atoms with Gasteiger partial charge in [0.25, 0.3) is 0 Å². The van der Waals surface area contributed by atoms with Crippen LogP contribution in [0.25, 0.3) is 32.6 Å². The Morgan fingerprint density at radius 2 is 1.69 bits per heavy atom. The molecule has 3 N–H and O–H groups in total. The first kappa shape index (κ1) is 42.2. The predicted octanol–water partition coefficient (Wildman–Crippen LogP) is 6.38. The number of aromatic nitrogens is 2. The van der Waals surface area contributed by atoms with Crippen molar-refractivity contribution in [3.8, 4) is 27.4 Å². The Hall–Kier alpha value is -5.37. The van der Waals surface area contributed by atoms with E-state index in [1.807, 2.05) is 95.8 Å². The first-order valence-electron chi connectivity index (χ1n) is 19.7. The number of carbonyl (C=O) groups excluding carboxylic acids is 3. The summed E-state index contributed by atoms with van der Waals surface area (Å²) in [5, 5.41) is 17.3. The van der Waals surface area contributed by atoms with Crippen LogP contribution in [0.2, 0.25) is 0 Å². The fourth-order valence-corrected chi connectivity index (χ4v) is 7.74. The first-order chi connectivity index (χ1) is 27.8. The second-order valence-electron chi connectivity index (χ2n) is 16.0. The fraction of sp³-hybridized carbons (Fsp3) is 0.400. The number of thiazole rings is 1. The van der Waals surface area contributed by atoms with Gasteiger partial charge in [0, 0.05) is 56.8 Å². The Kier molecular flexibility index (Phi) is 13.8. The Morgan fingerprint density at radius 3 is 2.38 bits per heavy atom. The van der Waals surface area contributed by atoms with Crippen molar-refractivity contribution in [3.05, 3.63) is 95.6 Å². The summed E-state index contributed by atoms with van der Waals surface area (Å²) in [5.74, 6) is -0.444. The van der Waals surface area contributed by atoms with Gasteiger partial charge in [-0.05, 0) is 72.7 Å². The fourth-order valence-electron chi connectivity index (χ4n) is 6.93. The molecule has 1 aliphatic heterocycles. The number of β-amino-alcohol motifs (C(OH)–C–C–N with tert-alkyl or cyclic N) is 1. The SMILES string of the molecule is Cc1ncsc1-c1ccc(CNC(=O)[C@@H]2C[C@@H](O)CN2C(=O)C(NC(=O)COCCCCOc2ccc3nc(-c4ccc(N(C)C)cc4)ccc3c2)C(C)(C)C)cc1. The highest BCUT2D eigenvalue weighted by molar-refractivity contribution is 7.13. The van der Waals surface area contributed by atoms with Crippen LogP contribution in [0.4, 0.5) is 5.69 Å². The summed E-state index contributed by atoms with van der Waals surface area (Å²) in [7, 11) is 4.04. The number of aliphatic hydroxyl groups is 1. The highest BCUT2D eigenvalue weighted by atomic mass is 32.1. The Morgan fingerprint density at radius 1 is 0.966 bits per heavy atom. The highest BCUT2D eigenvalue weighted by Gasteiger charge is 2.44. The van der Waals surface area contributed by atoms with Gasteiger partial charge in [-0.2, -0.15) is 0 Å². The monoisotopic (exact) mass is 806 g/mol. The number of nitrogens with zero attached hydrogens (tertiary/aromatic N) is 4. The van der Waals surface area contributed by atoms with Crippen molar-refractivity contribution in [2.45, 2.75) is 71.7 Å². The van der Waals surface area contributed by atoms with E-state index in [1.165, 1.54) is 4.90 Å². The van der Waals surface area contributed by atoms with Crippen LogP contribution in [-0.4, -0.2) is 96.3 Å². The quantitative estimate of drug-likeness (QED) is 0.0967. The van der Waals surface area contributed by atoms with Gasteiger partial charge in [0.1, 0.15) is 24.4 Å². The number of aliphatic hydroxyl groups excluding tert-OH is 1. The van der Waals surface area contributed by atoms with Crippen molar-refractivity contribution < 1.29 is 29.0 Å². The third-order valence-corrected chi connectivity index (χ3v) is 11.2. The van der Waals surface area contributed by atoms with Gasteiger partial charge in [0.05, 0.1) is 40.0 Å². The summed E-state index contributed by atoms with van der Waals surface area (Å²) in [4.78, 5) is 54.1. The first-order valence-corrected chi connectivity index (χ1v) is 20.6. The van der Waals surface area contributed by atoms with Crippen molar-refractivity contribution in [3.63, 3.8) is 0 Å². The Bertz CT molecular complexity index is 2180. The van der Waals surface area contributed by atoms with Gasteiger partial charge >= 0.3 is 0 Å². The Labute approximate surface area is 344 Å². The Balaban J connectivity index is 0.926. The zero-order valence-corrected chi connectivity index (χ0v) is 35.0. The third-order valence-electron chi connectivity index (χ3n) is 10.2. The van der Waals surface area contributed by atoms with Crippen LogP contribution in [-0.2, 0) is 25.7 Å². The number of rotatable bonds is 16. The van der Waals surface area contributed by atoms with Gasteiger partial charge in [0.2, 0.25) is 17.7 Å². The molecule has 2 aromatic heterocycles. The lowest BCUT2D eigenvalue weighted by atomic mass is 9.85. The van der Waals surface area contributed by atoms with E-state index >= 15 is 0 Å². The molecule has 1 aliphatic rings. The molecule has 0 radical (unpaired) electrons. The molecule has 0 saturated carbocycles. The molecule has 1 unspecified atom stereocenters. The number of amides is 3. The third kappa shape index (κ3) is 10.8. The number of hydrogen-bond donors (Lipinski definition) is 3. The zero-order chi connectivity index (χ0) is 41.4. The second-order valence-corrected chi connectivity index (χ2v) is 16.9. The normalized spacial score (nSPS) is 15.9. The van der Waals surface area contributed by atoms with E-state index in [0.29, 0.717) is 19.6 Å². The van der Waals surface area contributed by atoms with E-state index in [9.17, 15) is 19.5 Å². The number of benzene rings is 3. The lowest BCUT2D eigenvalue weighted by Crippen LogP contribution is -2.58. The van der Waals surface area contributed by atoms with E-state index < -0.39 is 35.4 Å². The van der Waals surface area contributed by atoms with Crippen LogP contribution in [0, 0.1) is 12.3 Å². The lowest BCUT2D eigenvalue weighted by Gasteiger charge is -2.35. The number of anilines is 1. The van der Waals surface area contributed by atoms with Crippen LogP contribution in [0.3, 0.4) is 0 Å². The molecule has 3 heterocycles. The summed E-state index contributed by atoms with van der Waals surface area (Å²) in [5.41, 5.74) is 8.09. The number of pyridine rings is 1. The molecule has 1 saturated heterocycles. The van der Waals surface area contributed by atoms with E-state index in [-0.39, 0.29) is 32.0 Å². The van der Waals surface area contributed by atoms with Crippen molar-refractivity contribution in [2.75, 3.05) is 45.4 Å². The van der Waals surface area contributed by atoms with Crippen molar-refractivity contribution in [1.29, 1.82) is 0 Å². The topological polar surface area (TPSA) is 146 Å². The van der Waals surface area contributed by atoms with Gasteiger partial charge in [-0.1, -0.05) is 63.2 Å². The van der Waals surface area contributed by atoms with E-state index in [0.717, 1.165) is 61.7 Å². The molecule has 3 atom stereocenters. The van der Waals surface area contributed by atoms with Crippen LogP contribution < -0.4 is 20.3 Å². The molecule has 12 nitrogen and oxygen atoms in total. The number of fused-ring (bicyclic) bond motifs is 1. The maximum absolute atomic E-state index is 13.9. The lowest BCUT2D eigenvalue weighted by molar-refractivity contribution is -0.144. The minimum absolute atomic E-state index is 0.00424. The molecule has 13 heteroatoms. The van der Waals surface area contributed by atoms with Crippen molar-refractivity contribution >= 4 is 45.6 Å². The minimum Gasteiger partial charge on any atom is -0.494 e. The molecular formula is C45H54N6O6S. The van der Waals surface area contributed by atoms with Crippen LogP contribution in [0.15, 0.2) is 84.4 Å². The molecule has 0 bridgehead atoms. The van der Waals surface area contributed by atoms with Gasteiger partial charge < -0.3 is 35.0 Å². The number of likely N-dealkylation sites (tertiary alicyclic amines) is 1. The molecular weight excluding hydrogens is 753 g/mol. The summed E-state index contributed by atoms with van der Waals surface area (Å²) in [6.45, 7) is 8.42. The van der Waals surface area contributed by atoms with Gasteiger partial charge in [-0.25, -0.2) is 9.97 Å². The van der Waals surface area contributed by atoms with Crippen LogP contribution in [0.5, 0.6) is 5.75 Å². The standard InChI is InChI=1S/C45H54N6O6S/c1-29-41(58-28-47-29)32-11-9-30(10-12-32)25-46-43(54)39-24-35(52)26-51(39)44(55)42(45(2,3)4)49-40(53)27-56-21-7-8-22-57-36-18-20-38-33(23-36)15-19-37(48-38)31-13-16-34(17-14-31)50(5)6/h9-20,23,28,35,39,42,52H,7-8,21-22,24-27H2,1-6H3,(H,46,54)(H,49,53)/t35-,39+,42?/m1/s1. The smallest absolute Gasteiger partial charge is 0.246 e. The number of nitrogens with one attached hydrogen (secondary N) is 2. The average molecular weight is 807 g/mol. The maximum Gasteiger partial charge on any atom is 0.246 e. The average Bonchev–Trinajstić information content (AvgIpc) is 3.83. The zero-order valence-electron chi connectivity index (χ0n) is 34.2.